The van der Waals surface area contributed by atoms with Gasteiger partial charge in [0.2, 0.25) is 9.84 Å². The van der Waals surface area contributed by atoms with Crippen LogP contribution in [0, 0.1) is 0 Å². The maximum atomic E-state index is 4.74. The van der Waals surface area contributed by atoms with E-state index >= 15 is 0 Å². The van der Waals surface area contributed by atoms with Gasteiger partial charge in [-0.15, -0.1) is 0 Å². The zero-order chi connectivity index (χ0) is 12.4. The molecular weight excluding hydrogens is 256 g/mol. The highest BCUT2D eigenvalue weighted by Crippen LogP contribution is 2.33. The molecule has 4 nitrogen and oxygen atoms in total. The number of hydrogen-bond acceptors (Lipinski definition) is 3. The molecular formula is C14H9N4S+. The fourth-order valence-corrected chi connectivity index (χ4v) is 3.95. The number of aromatic nitrogens is 4. The van der Waals surface area contributed by atoms with Crippen molar-refractivity contribution in [2.45, 2.75) is 6.54 Å². The zero-order valence-corrected chi connectivity index (χ0v) is 10.8. The summed E-state index contributed by atoms with van der Waals surface area (Å²) < 4.78 is 4.42. The van der Waals surface area contributed by atoms with Gasteiger partial charge in [0, 0.05) is 24.0 Å². The van der Waals surface area contributed by atoms with Gasteiger partial charge in [0.1, 0.15) is 12.2 Å². The number of fused-ring (bicyclic) bond motifs is 7. The molecule has 4 aromatic rings. The molecule has 5 heterocycles. The lowest BCUT2D eigenvalue weighted by atomic mass is 10.2. The first kappa shape index (κ1) is 9.63. The van der Waals surface area contributed by atoms with Crippen molar-refractivity contribution in [3.05, 3.63) is 48.3 Å². The second kappa shape index (κ2) is 3.19. The fraction of sp³-hybridized carbons (Fsp3) is 0.0714. The Morgan fingerprint density at radius 2 is 2.21 bits per heavy atom. The van der Waals surface area contributed by atoms with Crippen LogP contribution in [0.15, 0.2) is 42.7 Å². The summed E-state index contributed by atoms with van der Waals surface area (Å²) in [6, 6.07) is 10.2. The van der Waals surface area contributed by atoms with Gasteiger partial charge in [0.25, 0.3) is 5.65 Å². The van der Waals surface area contributed by atoms with Gasteiger partial charge in [0.15, 0.2) is 0 Å². The first-order chi connectivity index (χ1) is 9.42. The normalized spacial score (nSPS) is 13.1. The van der Waals surface area contributed by atoms with Crippen molar-refractivity contribution in [1.82, 2.24) is 14.4 Å². The quantitative estimate of drug-likeness (QED) is 0.402. The third-order valence-electron chi connectivity index (χ3n) is 3.59. The lowest BCUT2D eigenvalue weighted by Gasteiger charge is -1.91. The van der Waals surface area contributed by atoms with Crippen molar-refractivity contribution < 1.29 is 4.57 Å². The number of imidazole rings is 1. The molecule has 0 saturated heterocycles. The van der Waals surface area contributed by atoms with Crippen LogP contribution in [0.4, 0.5) is 0 Å². The van der Waals surface area contributed by atoms with Gasteiger partial charge < -0.3 is 0 Å². The molecule has 5 rings (SSSR count). The maximum Gasteiger partial charge on any atom is 0.362 e. The first-order valence-electron chi connectivity index (χ1n) is 6.15. The van der Waals surface area contributed by atoms with E-state index in [0.717, 1.165) is 23.5 Å². The molecule has 0 aliphatic carbocycles. The number of thiazole rings is 1. The Morgan fingerprint density at radius 3 is 3.21 bits per heavy atom. The van der Waals surface area contributed by atoms with Crippen molar-refractivity contribution in [2.24, 2.45) is 0 Å². The van der Waals surface area contributed by atoms with Crippen LogP contribution >= 0.6 is 11.3 Å². The van der Waals surface area contributed by atoms with Gasteiger partial charge in [-0.05, 0) is 17.1 Å². The summed E-state index contributed by atoms with van der Waals surface area (Å²) in [5.41, 5.74) is 4.45. The van der Waals surface area contributed by atoms with E-state index in [1.165, 1.54) is 15.4 Å². The lowest BCUT2D eigenvalue weighted by molar-refractivity contribution is -0.643. The Kier molecular flexibility index (Phi) is 1.62. The molecule has 0 saturated carbocycles. The van der Waals surface area contributed by atoms with Gasteiger partial charge >= 0.3 is 5.65 Å². The summed E-state index contributed by atoms with van der Waals surface area (Å²) in [5.74, 6) is 0. The molecule has 0 amide bonds. The predicted octanol–water partition coefficient (Wildman–Crippen LogP) is 2.26. The highest BCUT2D eigenvalue weighted by molar-refractivity contribution is 7.20. The Balaban J connectivity index is 1.93. The minimum Gasteiger partial charge on any atom is -0.265 e. The Labute approximate surface area is 112 Å². The van der Waals surface area contributed by atoms with E-state index < -0.39 is 0 Å². The molecule has 4 aromatic heterocycles. The van der Waals surface area contributed by atoms with Crippen LogP contribution in [-0.2, 0) is 6.54 Å². The molecule has 0 N–H and O–H groups in total. The van der Waals surface area contributed by atoms with E-state index in [0.29, 0.717) is 0 Å². The maximum absolute atomic E-state index is 4.74. The molecule has 0 unspecified atom stereocenters. The van der Waals surface area contributed by atoms with Crippen LogP contribution < -0.4 is 4.57 Å². The third-order valence-corrected chi connectivity index (χ3v) is 4.77. The molecule has 0 bridgehead atoms. The average Bonchev–Trinajstić information content (AvgIpc) is 3.07. The predicted molar refractivity (Wildman–Crippen MR) is 73.1 cm³/mol. The van der Waals surface area contributed by atoms with Crippen molar-refractivity contribution >= 4 is 27.5 Å². The highest BCUT2D eigenvalue weighted by Gasteiger charge is 2.32. The standard InChI is InChI=1S/C14H9N4S/c1-2-7-17-10(5-1)16-12-14(17)19-13-11-9(8-18(12)13)4-3-6-15-11/h1-7H,8H2/q+1. The molecule has 0 aromatic carbocycles. The SMILES string of the molecule is c1cnc2c(c1)C[n+]1c-2sc2c1nc1ccccn12. The van der Waals surface area contributed by atoms with Gasteiger partial charge in [-0.3, -0.25) is 9.38 Å². The molecule has 19 heavy (non-hydrogen) atoms. The van der Waals surface area contributed by atoms with Crippen molar-refractivity contribution in [3.63, 3.8) is 0 Å². The largest absolute Gasteiger partial charge is 0.362 e. The number of rotatable bonds is 0. The van der Waals surface area contributed by atoms with E-state index in [1.807, 2.05) is 30.5 Å². The molecule has 0 spiro atoms. The Hall–Kier alpha value is -2.27. The van der Waals surface area contributed by atoms with Gasteiger partial charge in [-0.1, -0.05) is 23.5 Å². The van der Waals surface area contributed by atoms with Crippen LogP contribution in [0.25, 0.3) is 26.8 Å². The Bertz CT molecular complexity index is 951. The first-order valence-corrected chi connectivity index (χ1v) is 6.97. The monoisotopic (exact) mass is 265 g/mol. The van der Waals surface area contributed by atoms with Crippen molar-refractivity contribution in [2.75, 3.05) is 0 Å². The van der Waals surface area contributed by atoms with Crippen LogP contribution in [0.3, 0.4) is 0 Å². The summed E-state index contributed by atoms with van der Waals surface area (Å²) in [4.78, 5) is 10.4. The van der Waals surface area contributed by atoms with E-state index in [4.69, 9.17) is 4.98 Å². The van der Waals surface area contributed by atoms with Gasteiger partial charge in [0.05, 0.1) is 0 Å². The van der Waals surface area contributed by atoms with Crippen molar-refractivity contribution in [3.8, 4) is 10.7 Å². The van der Waals surface area contributed by atoms with Crippen LogP contribution in [0.1, 0.15) is 5.56 Å². The van der Waals surface area contributed by atoms with E-state index in [1.54, 1.807) is 11.3 Å². The third kappa shape index (κ3) is 1.11. The highest BCUT2D eigenvalue weighted by atomic mass is 32.1. The summed E-state index contributed by atoms with van der Waals surface area (Å²) in [7, 11) is 0. The summed E-state index contributed by atoms with van der Waals surface area (Å²) in [6.45, 7) is 0.877. The van der Waals surface area contributed by atoms with Crippen LogP contribution in [0.2, 0.25) is 0 Å². The average molecular weight is 265 g/mol. The van der Waals surface area contributed by atoms with Crippen LogP contribution in [0.5, 0.6) is 0 Å². The smallest absolute Gasteiger partial charge is 0.265 e. The number of hydrogen-bond donors (Lipinski definition) is 0. The van der Waals surface area contributed by atoms with Gasteiger partial charge in [-0.25, -0.2) is 4.57 Å². The summed E-state index contributed by atoms with van der Waals surface area (Å²) >= 11 is 1.77. The van der Waals surface area contributed by atoms with Gasteiger partial charge in [-0.2, -0.15) is 0 Å². The molecule has 1 aliphatic heterocycles. The Morgan fingerprint density at radius 1 is 1.21 bits per heavy atom. The zero-order valence-electron chi connectivity index (χ0n) is 9.95. The van der Waals surface area contributed by atoms with E-state index in [-0.39, 0.29) is 0 Å². The lowest BCUT2D eigenvalue weighted by Crippen LogP contribution is -2.30. The fourth-order valence-electron chi connectivity index (χ4n) is 2.73. The molecule has 0 fully saturated rings. The molecule has 5 heteroatoms. The topological polar surface area (TPSA) is 34.1 Å². The molecule has 1 aliphatic rings. The van der Waals surface area contributed by atoms with E-state index in [2.05, 4.69) is 26.2 Å². The number of pyridine rings is 2. The molecule has 0 atom stereocenters. The number of nitrogens with zero attached hydrogens (tertiary/aromatic N) is 4. The second-order valence-electron chi connectivity index (χ2n) is 4.67. The van der Waals surface area contributed by atoms with Crippen LogP contribution in [-0.4, -0.2) is 14.4 Å². The summed E-state index contributed by atoms with van der Waals surface area (Å²) in [5, 5.41) is 1.21. The molecule has 90 valence electrons. The minimum atomic E-state index is 0.877. The molecule has 0 radical (unpaired) electrons. The summed E-state index contributed by atoms with van der Waals surface area (Å²) in [6.07, 6.45) is 3.92. The van der Waals surface area contributed by atoms with Crippen molar-refractivity contribution in [1.29, 1.82) is 0 Å². The second-order valence-corrected chi connectivity index (χ2v) is 5.65. The minimum absolute atomic E-state index is 0.877. The van der Waals surface area contributed by atoms with E-state index in [9.17, 15) is 0 Å².